The zero-order chi connectivity index (χ0) is 22.9. The van der Waals surface area contributed by atoms with Crippen LogP contribution in [0.2, 0.25) is 0 Å². The summed E-state index contributed by atoms with van der Waals surface area (Å²) in [5, 5.41) is 3.21. The molecule has 0 heterocycles. The van der Waals surface area contributed by atoms with E-state index >= 15 is 0 Å². The van der Waals surface area contributed by atoms with E-state index in [0.717, 1.165) is 29.7 Å². The Morgan fingerprint density at radius 3 is 2.53 bits per heavy atom. The molecule has 4 nitrogen and oxygen atoms in total. The molecule has 1 aliphatic carbocycles. The number of aryl methyl sites for hydroxylation is 2. The van der Waals surface area contributed by atoms with E-state index in [0.29, 0.717) is 18.7 Å². The molecule has 3 rings (SSSR count). The van der Waals surface area contributed by atoms with Gasteiger partial charge in [0.1, 0.15) is 6.04 Å². The smallest absolute Gasteiger partial charge is 0.243 e. The molecular formula is C27H36N2O2S. The molecule has 32 heavy (non-hydrogen) atoms. The molecule has 0 spiro atoms. The first kappa shape index (κ1) is 24.4. The Morgan fingerprint density at radius 1 is 1.09 bits per heavy atom. The van der Waals surface area contributed by atoms with E-state index in [1.807, 2.05) is 31.2 Å². The van der Waals surface area contributed by atoms with Crippen molar-refractivity contribution in [3.8, 4) is 0 Å². The minimum atomic E-state index is -0.442. The first-order valence-electron chi connectivity index (χ1n) is 11.8. The van der Waals surface area contributed by atoms with Crippen LogP contribution in [-0.2, 0) is 21.9 Å². The second-order valence-electron chi connectivity index (χ2n) is 8.84. The molecule has 172 valence electrons. The number of carbonyl (C=O) groups is 2. The number of carbonyl (C=O) groups excluding carboxylic acids is 2. The number of nitrogens with zero attached hydrogens (tertiary/aromatic N) is 1. The molecule has 1 saturated carbocycles. The summed E-state index contributed by atoms with van der Waals surface area (Å²) < 4.78 is 0. The van der Waals surface area contributed by atoms with Crippen molar-refractivity contribution in [2.24, 2.45) is 0 Å². The third-order valence-electron chi connectivity index (χ3n) is 6.27. The Hall–Kier alpha value is -2.27. The first-order valence-corrected chi connectivity index (χ1v) is 12.9. The Labute approximate surface area is 197 Å². The van der Waals surface area contributed by atoms with Crippen molar-refractivity contribution in [1.82, 2.24) is 10.2 Å². The number of benzene rings is 2. The van der Waals surface area contributed by atoms with Crippen LogP contribution < -0.4 is 5.32 Å². The van der Waals surface area contributed by atoms with Gasteiger partial charge >= 0.3 is 0 Å². The fourth-order valence-electron chi connectivity index (χ4n) is 4.40. The normalized spacial score (nSPS) is 14.8. The van der Waals surface area contributed by atoms with Crippen LogP contribution in [0.4, 0.5) is 0 Å². The molecule has 1 unspecified atom stereocenters. The van der Waals surface area contributed by atoms with Crippen molar-refractivity contribution in [3.63, 3.8) is 0 Å². The van der Waals surface area contributed by atoms with E-state index in [2.05, 4.69) is 43.4 Å². The molecule has 1 fully saturated rings. The Kier molecular flexibility index (Phi) is 9.22. The topological polar surface area (TPSA) is 49.4 Å². The maximum absolute atomic E-state index is 13.4. The van der Waals surface area contributed by atoms with Crippen molar-refractivity contribution in [2.45, 2.75) is 77.3 Å². The highest BCUT2D eigenvalue weighted by molar-refractivity contribution is 7.99. The summed E-state index contributed by atoms with van der Waals surface area (Å²) in [7, 11) is 0. The lowest BCUT2D eigenvalue weighted by molar-refractivity contribution is -0.139. The number of rotatable bonds is 10. The van der Waals surface area contributed by atoms with Crippen molar-refractivity contribution in [3.05, 3.63) is 70.8 Å². The van der Waals surface area contributed by atoms with Crippen molar-refractivity contribution in [1.29, 1.82) is 0 Å². The maximum Gasteiger partial charge on any atom is 0.243 e. The molecule has 5 heteroatoms. The number of thioether (sulfide) groups is 1. The minimum Gasteiger partial charge on any atom is -0.352 e. The van der Waals surface area contributed by atoms with Crippen LogP contribution in [0.1, 0.15) is 61.3 Å². The second kappa shape index (κ2) is 12.1. The van der Waals surface area contributed by atoms with Gasteiger partial charge in [0.15, 0.2) is 0 Å². The van der Waals surface area contributed by atoms with Gasteiger partial charge in [-0.2, -0.15) is 0 Å². The summed E-state index contributed by atoms with van der Waals surface area (Å²) in [5.74, 6) is 1.18. The summed E-state index contributed by atoms with van der Waals surface area (Å²) in [4.78, 5) is 28.3. The first-order chi connectivity index (χ1) is 15.5. The number of hydrogen-bond donors (Lipinski definition) is 1. The van der Waals surface area contributed by atoms with E-state index in [9.17, 15) is 9.59 Å². The summed E-state index contributed by atoms with van der Waals surface area (Å²) >= 11 is 1.62. The minimum absolute atomic E-state index is 0.00990. The molecule has 2 aromatic rings. The standard InChI is InChI=1S/C27H36N2O2S/c1-4-25(27(31)28-24-14-7-8-15-24)29(17-22-12-9-10-20(2)16-22)26(30)19-32-18-23-13-6-5-11-21(23)3/h5-6,9-13,16,24-25H,4,7-8,14-15,17-19H2,1-3H3,(H,28,31). The summed E-state index contributed by atoms with van der Waals surface area (Å²) in [6, 6.07) is 16.3. The lowest BCUT2D eigenvalue weighted by Crippen LogP contribution is -2.51. The molecule has 0 radical (unpaired) electrons. The van der Waals surface area contributed by atoms with E-state index in [1.165, 1.54) is 24.0 Å². The highest BCUT2D eigenvalue weighted by Gasteiger charge is 2.30. The molecule has 1 atom stereocenters. The number of nitrogens with one attached hydrogen (secondary N) is 1. The highest BCUT2D eigenvalue weighted by Crippen LogP contribution is 2.21. The third kappa shape index (κ3) is 6.86. The van der Waals surface area contributed by atoms with Crippen LogP contribution in [0.15, 0.2) is 48.5 Å². The zero-order valence-electron chi connectivity index (χ0n) is 19.6. The Morgan fingerprint density at radius 2 is 1.84 bits per heavy atom. The fraction of sp³-hybridized carbons (Fsp3) is 0.481. The average molecular weight is 453 g/mol. The summed E-state index contributed by atoms with van der Waals surface area (Å²) in [6.07, 6.45) is 5.03. The largest absolute Gasteiger partial charge is 0.352 e. The van der Waals surface area contributed by atoms with Gasteiger partial charge < -0.3 is 10.2 Å². The monoisotopic (exact) mass is 452 g/mol. The highest BCUT2D eigenvalue weighted by atomic mass is 32.2. The van der Waals surface area contributed by atoms with Crippen LogP contribution >= 0.6 is 11.8 Å². The molecule has 1 aliphatic rings. The second-order valence-corrected chi connectivity index (χ2v) is 9.83. The number of hydrogen-bond acceptors (Lipinski definition) is 3. The zero-order valence-corrected chi connectivity index (χ0v) is 20.4. The molecule has 0 bridgehead atoms. The quantitative estimate of drug-likeness (QED) is 0.525. The predicted octanol–water partition coefficient (Wildman–Crippen LogP) is 5.40. The Bertz CT molecular complexity index is 908. The van der Waals surface area contributed by atoms with Gasteiger partial charge in [-0.1, -0.05) is 73.9 Å². The van der Waals surface area contributed by atoms with Gasteiger partial charge in [-0.3, -0.25) is 9.59 Å². The predicted molar refractivity (Wildman–Crippen MR) is 134 cm³/mol. The van der Waals surface area contributed by atoms with Crippen LogP contribution in [0.3, 0.4) is 0 Å². The summed E-state index contributed by atoms with van der Waals surface area (Å²) in [5.41, 5.74) is 4.72. The molecule has 1 N–H and O–H groups in total. The van der Waals surface area contributed by atoms with Gasteiger partial charge in [-0.15, -0.1) is 11.8 Å². The van der Waals surface area contributed by atoms with E-state index in [1.54, 1.807) is 16.7 Å². The molecule has 2 amide bonds. The fourth-order valence-corrected chi connectivity index (χ4v) is 5.38. The Balaban J connectivity index is 1.71. The van der Waals surface area contributed by atoms with Gasteiger partial charge in [-0.05, 0) is 49.8 Å². The molecule has 2 aromatic carbocycles. The number of amides is 2. The van der Waals surface area contributed by atoms with Gasteiger partial charge in [0, 0.05) is 18.3 Å². The van der Waals surface area contributed by atoms with Crippen molar-refractivity contribution < 1.29 is 9.59 Å². The molecule has 0 aliphatic heterocycles. The van der Waals surface area contributed by atoms with Crippen molar-refractivity contribution >= 4 is 23.6 Å². The van der Waals surface area contributed by atoms with Crippen LogP contribution in [0, 0.1) is 13.8 Å². The SMILES string of the molecule is CCC(C(=O)NC1CCCC1)N(Cc1cccc(C)c1)C(=O)CSCc1ccccc1C. The van der Waals surface area contributed by atoms with Crippen LogP contribution in [0.5, 0.6) is 0 Å². The van der Waals surface area contributed by atoms with E-state index < -0.39 is 6.04 Å². The lowest BCUT2D eigenvalue weighted by Gasteiger charge is -2.31. The van der Waals surface area contributed by atoms with Gasteiger partial charge in [0.25, 0.3) is 0 Å². The van der Waals surface area contributed by atoms with Crippen LogP contribution in [-0.4, -0.2) is 34.6 Å². The van der Waals surface area contributed by atoms with Crippen LogP contribution in [0.25, 0.3) is 0 Å². The third-order valence-corrected chi connectivity index (χ3v) is 7.23. The van der Waals surface area contributed by atoms with E-state index in [4.69, 9.17) is 0 Å². The lowest BCUT2D eigenvalue weighted by atomic mass is 10.1. The van der Waals surface area contributed by atoms with E-state index in [-0.39, 0.29) is 17.9 Å². The molecule has 0 saturated heterocycles. The maximum atomic E-state index is 13.4. The van der Waals surface area contributed by atoms with Gasteiger partial charge in [-0.25, -0.2) is 0 Å². The average Bonchev–Trinajstić information content (AvgIpc) is 3.28. The van der Waals surface area contributed by atoms with Gasteiger partial charge in [0.05, 0.1) is 5.75 Å². The van der Waals surface area contributed by atoms with Gasteiger partial charge in [0.2, 0.25) is 11.8 Å². The molecule has 0 aromatic heterocycles. The van der Waals surface area contributed by atoms with Crippen molar-refractivity contribution in [2.75, 3.05) is 5.75 Å². The molecular weight excluding hydrogens is 416 g/mol. The summed E-state index contributed by atoms with van der Waals surface area (Å²) in [6.45, 7) is 6.61.